The Morgan fingerprint density at radius 1 is 0.750 bits per heavy atom. The molecule has 0 nitrogen and oxygen atoms in total. The van der Waals surface area contributed by atoms with Crippen molar-refractivity contribution in [1.29, 1.82) is 0 Å². The molecule has 0 N–H and O–H groups in total. The molecule has 0 atom stereocenters. The second-order valence-corrected chi connectivity index (χ2v) is 0. The van der Waals surface area contributed by atoms with Gasteiger partial charge >= 0.3 is 113 Å². The van der Waals surface area contributed by atoms with E-state index in [1.165, 1.54) is 0 Å². The van der Waals surface area contributed by atoms with Crippen molar-refractivity contribution in [3.63, 3.8) is 0 Å². The second kappa shape index (κ2) is 15.8. The summed E-state index contributed by atoms with van der Waals surface area (Å²) in [5.41, 5.74) is 0. The molecule has 2 radical (unpaired) electrons. The Bertz CT molecular complexity index is 10.1. The zero-order valence-electron chi connectivity index (χ0n) is 6.71. The van der Waals surface area contributed by atoms with Crippen molar-refractivity contribution in [2.24, 2.45) is 0 Å². The van der Waals surface area contributed by atoms with Gasteiger partial charge in [-0.15, -0.1) is 0 Å². The zero-order chi connectivity index (χ0) is 0. The molecule has 0 rings (SSSR count). The molecule has 0 saturated heterocycles. The van der Waals surface area contributed by atoms with Crippen LogP contribution in [0.1, 0.15) is 4.28 Å². The molecule has 0 amide bonds. The first-order valence-corrected chi connectivity index (χ1v) is 0. The van der Waals surface area contributed by atoms with Crippen LogP contribution in [0.25, 0.3) is 0 Å². The van der Waals surface area contributed by atoms with Gasteiger partial charge in [-0.25, -0.2) is 0 Å². The maximum atomic E-state index is 0. The Labute approximate surface area is 114 Å². The third-order valence-corrected chi connectivity index (χ3v) is 0. The molecule has 0 aromatic carbocycles. The van der Waals surface area contributed by atoms with Crippen LogP contribution in [0.2, 0.25) is 0 Å². The van der Waals surface area contributed by atoms with E-state index in [4.69, 9.17) is 0 Å². The van der Waals surface area contributed by atoms with E-state index >= 15 is 0 Å². The SMILES string of the molecule is [H-].[H-].[H-].[Na+].[Na+].[Na+].[SnH2]. The van der Waals surface area contributed by atoms with Gasteiger partial charge in [0.05, 0.1) is 0 Å². The van der Waals surface area contributed by atoms with Crippen LogP contribution in [-0.2, 0) is 0 Å². The molecule has 0 saturated carbocycles. The molecule has 0 aromatic heterocycles. The van der Waals surface area contributed by atoms with Crippen LogP contribution in [0, 0.1) is 0 Å². The van der Waals surface area contributed by atoms with Gasteiger partial charge in [-0.1, -0.05) is 0 Å². The molecule has 12 valence electrons. The van der Waals surface area contributed by atoms with Gasteiger partial charge in [-0.3, -0.25) is 0 Å². The van der Waals surface area contributed by atoms with E-state index in [1.54, 1.807) is 0 Å². The zero-order valence-corrected chi connectivity index (χ0v) is 13.7. The fourth-order valence-electron chi connectivity index (χ4n) is 0. The van der Waals surface area contributed by atoms with E-state index in [9.17, 15) is 0 Å². The van der Waals surface area contributed by atoms with Crippen molar-refractivity contribution in [3.05, 3.63) is 0 Å². The summed E-state index contributed by atoms with van der Waals surface area (Å²) in [4.78, 5) is 0. The number of rotatable bonds is 0. The summed E-state index contributed by atoms with van der Waals surface area (Å²) in [5, 5.41) is 0. The predicted molar refractivity (Wildman–Crippen MR) is 11.9 cm³/mol. The second-order valence-electron chi connectivity index (χ2n) is 0. The van der Waals surface area contributed by atoms with Crippen molar-refractivity contribution in [1.82, 2.24) is 0 Å². The predicted octanol–water partition coefficient (Wildman–Crippen LogP) is -9.57. The molecule has 0 aliphatic carbocycles. The van der Waals surface area contributed by atoms with Crippen LogP contribution in [0.4, 0.5) is 0 Å². The van der Waals surface area contributed by atoms with E-state index < -0.39 is 0 Å². The molecule has 0 spiro atoms. The molecule has 0 heterocycles. The summed E-state index contributed by atoms with van der Waals surface area (Å²) < 4.78 is 0. The van der Waals surface area contributed by atoms with Crippen molar-refractivity contribution in [3.8, 4) is 0 Å². The Kier molecular flexibility index (Phi) is 98.9. The van der Waals surface area contributed by atoms with Gasteiger partial charge in [0.2, 0.25) is 0 Å². The monoisotopic (exact) mass is 194 g/mol. The molecule has 4 heavy (non-hydrogen) atoms. The van der Waals surface area contributed by atoms with Crippen molar-refractivity contribution >= 4 is 23.9 Å². The van der Waals surface area contributed by atoms with Crippen LogP contribution in [-0.4, -0.2) is 23.9 Å². The molecule has 0 fully saturated rings. The molecular weight excluding hydrogens is 188 g/mol. The van der Waals surface area contributed by atoms with Crippen molar-refractivity contribution in [2.75, 3.05) is 0 Å². The Morgan fingerprint density at radius 3 is 0.750 bits per heavy atom. The topological polar surface area (TPSA) is 0 Å². The van der Waals surface area contributed by atoms with Gasteiger partial charge in [-0.05, 0) is 0 Å². The molecule has 0 unspecified atom stereocenters. The Balaban J connectivity index is 0. The first kappa shape index (κ1) is 25.0. The molecule has 0 aliphatic rings. The number of hydrogen-bond acceptors (Lipinski definition) is 0. The van der Waals surface area contributed by atoms with Gasteiger partial charge in [0.15, 0.2) is 0 Å². The summed E-state index contributed by atoms with van der Waals surface area (Å²) in [6.07, 6.45) is 0. The fraction of sp³-hybridized carbons (Fsp3) is 0. The number of hydrogen-bond donors (Lipinski definition) is 0. The molecule has 0 aliphatic heterocycles. The van der Waals surface area contributed by atoms with Crippen LogP contribution in [0.15, 0.2) is 0 Å². The van der Waals surface area contributed by atoms with E-state index in [0.29, 0.717) is 0 Å². The summed E-state index contributed by atoms with van der Waals surface area (Å²) in [6, 6.07) is 0. The molecule has 0 bridgehead atoms. The average molecular weight is 193 g/mol. The summed E-state index contributed by atoms with van der Waals surface area (Å²) in [6.45, 7) is 0. The third kappa shape index (κ3) is 9.25. The van der Waals surface area contributed by atoms with Gasteiger partial charge < -0.3 is 4.28 Å². The van der Waals surface area contributed by atoms with Crippen molar-refractivity contribution < 1.29 is 93.0 Å². The van der Waals surface area contributed by atoms with E-state index in [1.807, 2.05) is 0 Å². The van der Waals surface area contributed by atoms with Crippen molar-refractivity contribution in [2.45, 2.75) is 0 Å². The Morgan fingerprint density at radius 2 is 0.750 bits per heavy atom. The Hall–Kier alpha value is 3.80. The minimum absolute atomic E-state index is 0. The van der Waals surface area contributed by atoms with Gasteiger partial charge in [0.1, 0.15) is 0 Å². The van der Waals surface area contributed by atoms with Crippen LogP contribution in [0.3, 0.4) is 0 Å². The van der Waals surface area contributed by atoms with Gasteiger partial charge in [-0.2, -0.15) is 0 Å². The summed E-state index contributed by atoms with van der Waals surface area (Å²) in [5.74, 6) is 0. The van der Waals surface area contributed by atoms with Gasteiger partial charge in [0, 0.05) is 0 Å². The van der Waals surface area contributed by atoms with Crippen LogP contribution >= 0.6 is 0 Å². The fourth-order valence-corrected chi connectivity index (χ4v) is 0. The molecule has 0 aromatic rings. The van der Waals surface area contributed by atoms with E-state index in [2.05, 4.69) is 0 Å². The van der Waals surface area contributed by atoms with E-state index in [0.717, 1.165) is 0 Å². The maximum absolute atomic E-state index is 0. The van der Waals surface area contributed by atoms with Crippen LogP contribution in [0.5, 0.6) is 0 Å². The summed E-state index contributed by atoms with van der Waals surface area (Å²) in [7, 11) is 0. The van der Waals surface area contributed by atoms with Gasteiger partial charge in [0.25, 0.3) is 0 Å². The third-order valence-electron chi connectivity index (χ3n) is 0. The molecular formula is H5Na3Sn. The van der Waals surface area contributed by atoms with Crippen LogP contribution < -0.4 is 88.7 Å². The standard InChI is InChI=1S/3Na.Sn.5H/q3*+1;;;;3*-1. The molecule has 4 heteroatoms. The first-order chi connectivity index (χ1) is 0. The normalized spacial score (nSPS) is 0. The average Bonchev–Trinajstić information content (AvgIpc) is 0. The minimum atomic E-state index is 0. The first-order valence-electron chi connectivity index (χ1n) is 0. The quantitative estimate of drug-likeness (QED) is 0.335. The summed E-state index contributed by atoms with van der Waals surface area (Å²) >= 11 is 0. The van der Waals surface area contributed by atoms with E-state index in [-0.39, 0.29) is 117 Å².